The van der Waals surface area contributed by atoms with E-state index in [2.05, 4.69) is 44.0 Å². The summed E-state index contributed by atoms with van der Waals surface area (Å²) in [4.78, 5) is 45.8. The quantitative estimate of drug-likeness (QED) is 0.352. The first-order chi connectivity index (χ1) is 20.8. The number of hydrogen-bond donors (Lipinski definition) is 2. The highest BCUT2D eigenvalue weighted by Crippen LogP contribution is 2.40. The molecule has 226 valence electrons. The summed E-state index contributed by atoms with van der Waals surface area (Å²) in [6.45, 7) is 6.58. The summed E-state index contributed by atoms with van der Waals surface area (Å²) in [5, 5.41) is 3.19. The lowest BCUT2D eigenvalue weighted by atomic mass is 9.84. The standard InChI is InChI=1S/C32H39FN8O2/c1-20-22(17-27(42)25-9-7-23(16-26(25)33)21-5-6-21)4-3-11-41(20)29-19-36-30(31(34)43)32(38-29)37-24-8-10-28(35-18-24)40-14-12-39(2)13-15-40/h7-10,16,18-22H,3-6,11-15,17H2,1-2H3,(H2,34,43)(H,37,38)/t20-,22+/m1/s1. The smallest absolute Gasteiger partial charge is 0.271 e. The second-order valence-electron chi connectivity index (χ2n) is 12.1. The van der Waals surface area contributed by atoms with Crippen molar-refractivity contribution in [3.63, 3.8) is 0 Å². The molecule has 1 aromatic carbocycles. The van der Waals surface area contributed by atoms with Gasteiger partial charge in [0.25, 0.3) is 5.91 Å². The number of pyridine rings is 1. The molecular formula is C32H39FN8O2. The Labute approximate surface area is 251 Å². The fourth-order valence-electron chi connectivity index (χ4n) is 6.20. The minimum absolute atomic E-state index is 0.0177. The number of piperidine rings is 1. The summed E-state index contributed by atoms with van der Waals surface area (Å²) >= 11 is 0. The molecule has 2 saturated heterocycles. The Morgan fingerprint density at radius 3 is 2.47 bits per heavy atom. The molecular weight excluding hydrogens is 547 g/mol. The third-order valence-corrected chi connectivity index (χ3v) is 9.06. The largest absolute Gasteiger partial charge is 0.364 e. The number of amides is 1. The molecule has 6 rings (SSSR count). The molecule has 43 heavy (non-hydrogen) atoms. The van der Waals surface area contributed by atoms with E-state index in [1.54, 1.807) is 18.5 Å². The summed E-state index contributed by atoms with van der Waals surface area (Å²) in [6.07, 6.45) is 7.40. The van der Waals surface area contributed by atoms with E-state index in [-0.39, 0.29) is 41.2 Å². The van der Waals surface area contributed by atoms with Crippen molar-refractivity contribution >= 4 is 34.8 Å². The van der Waals surface area contributed by atoms with E-state index in [9.17, 15) is 14.0 Å². The Morgan fingerprint density at radius 1 is 1.00 bits per heavy atom. The van der Waals surface area contributed by atoms with Gasteiger partial charge in [-0.25, -0.2) is 19.3 Å². The predicted molar refractivity (Wildman–Crippen MR) is 165 cm³/mol. The van der Waals surface area contributed by atoms with Gasteiger partial charge >= 0.3 is 0 Å². The van der Waals surface area contributed by atoms with Crippen molar-refractivity contribution in [1.82, 2.24) is 19.9 Å². The lowest BCUT2D eigenvalue weighted by Crippen LogP contribution is -2.44. The zero-order chi connectivity index (χ0) is 30.1. The van der Waals surface area contributed by atoms with Gasteiger partial charge in [-0.3, -0.25) is 9.59 Å². The maximum Gasteiger partial charge on any atom is 0.271 e. The van der Waals surface area contributed by atoms with Crippen LogP contribution in [0.4, 0.5) is 27.5 Å². The van der Waals surface area contributed by atoms with E-state index < -0.39 is 11.7 Å². The van der Waals surface area contributed by atoms with E-state index in [1.165, 1.54) is 6.07 Å². The van der Waals surface area contributed by atoms with Gasteiger partial charge in [0, 0.05) is 45.2 Å². The molecule has 1 amide bonds. The van der Waals surface area contributed by atoms with E-state index in [4.69, 9.17) is 10.7 Å². The number of primary amides is 1. The van der Waals surface area contributed by atoms with E-state index in [0.29, 0.717) is 17.4 Å². The van der Waals surface area contributed by atoms with Crippen LogP contribution in [-0.4, -0.2) is 77.4 Å². The highest BCUT2D eigenvalue weighted by Gasteiger charge is 2.32. The first kappa shape index (κ1) is 29.0. The van der Waals surface area contributed by atoms with Crippen LogP contribution in [0.2, 0.25) is 0 Å². The molecule has 3 fully saturated rings. The maximum absolute atomic E-state index is 14.8. The molecule has 3 aliphatic rings. The third-order valence-electron chi connectivity index (χ3n) is 9.06. The van der Waals surface area contributed by atoms with Crippen molar-refractivity contribution in [2.24, 2.45) is 11.7 Å². The number of benzene rings is 1. The highest BCUT2D eigenvalue weighted by atomic mass is 19.1. The number of likely N-dealkylation sites (N-methyl/N-ethyl adjacent to an activating group) is 1. The summed E-state index contributed by atoms with van der Waals surface area (Å²) < 4.78 is 14.8. The van der Waals surface area contributed by atoms with Crippen molar-refractivity contribution in [2.75, 3.05) is 54.9 Å². The molecule has 1 aliphatic carbocycles. The molecule has 3 N–H and O–H groups in total. The fourth-order valence-corrected chi connectivity index (χ4v) is 6.20. The molecule has 11 heteroatoms. The van der Waals surface area contributed by atoms with Gasteiger partial charge in [0.1, 0.15) is 17.5 Å². The van der Waals surface area contributed by atoms with E-state index in [0.717, 1.165) is 69.8 Å². The number of anilines is 4. The van der Waals surface area contributed by atoms with Crippen LogP contribution >= 0.6 is 0 Å². The second-order valence-corrected chi connectivity index (χ2v) is 12.1. The van der Waals surface area contributed by atoms with Gasteiger partial charge in [0.2, 0.25) is 0 Å². The number of halogens is 1. The zero-order valence-electron chi connectivity index (χ0n) is 24.8. The van der Waals surface area contributed by atoms with Crippen LogP contribution in [0, 0.1) is 11.7 Å². The number of carbonyl (C=O) groups is 2. The van der Waals surface area contributed by atoms with Crippen molar-refractivity contribution < 1.29 is 14.0 Å². The Hall–Kier alpha value is -4.12. The second kappa shape index (κ2) is 12.2. The van der Waals surface area contributed by atoms with Gasteiger partial charge in [0.15, 0.2) is 17.3 Å². The van der Waals surface area contributed by atoms with Crippen LogP contribution in [0.1, 0.15) is 71.4 Å². The average Bonchev–Trinajstić information content (AvgIpc) is 3.85. The number of hydrogen-bond acceptors (Lipinski definition) is 9. The Kier molecular flexibility index (Phi) is 8.25. The van der Waals surface area contributed by atoms with Gasteiger partial charge < -0.3 is 25.8 Å². The molecule has 1 saturated carbocycles. The zero-order valence-corrected chi connectivity index (χ0v) is 24.8. The number of aromatic nitrogens is 3. The van der Waals surface area contributed by atoms with Crippen LogP contribution in [0.15, 0.2) is 42.7 Å². The molecule has 2 aromatic heterocycles. The number of nitrogens with zero attached hydrogens (tertiary/aromatic N) is 6. The van der Waals surface area contributed by atoms with Gasteiger partial charge in [-0.05, 0) is 81.3 Å². The van der Waals surface area contributed by atoms with Crippen LogP contribution < -0.4 is 20.9 Å². The number of piperazine rings is 1. The van der Waals surface area contributed by atoms with Gasteiger partial charge in [-0.2, -0.15) is 0 Å². The summed E-state index contributed by atoms with van der Waals surface area (Å²) in [6, 6.07) is 8.88. The van der Waals surface area contributed by atoms with Crippen molar-refractivity contribution in [2.45, 2.75) is 51.0 Å². The minimum atomic E-state index is -0.687. The van der Waals surface area contributed by atoms with Gasteiger partial charge in [0.05, 0.1) is 23.6 Å². The SMILES string of the molecule is C[C@@H]1[C@H](CC(=O)c2ccc(C3CC3)cc2F)CCCN1c1cnc(C(N)=O)c(Nc2ccc(N3CCN(C)CC3)nc2)n1. The summed E-state index contributed by atoms with van der Waals surface area (Å²) in [5.74, 6) is 0.895. The number of ketones is 1. The number of carbonyl (C=O) groups excluding carboxylic acids is 2. The van der Waals surface area contributed by atoms with Crippen LogP contribution in [0.3, 0.4) is 0 Å². The van der Waals surface area contributed by atoms with Crippen molar-refractivity contribution in [1.29, 1.82) is 0 Å². The topological polar surface area (TPSA) is 121 Å². The highest BCUT2D eigenvalue weighted by molar-refractivity contribution is 5.97. The normalized spacial score (nSPS) is 21.1. The van der Waals surface area contributed by atoms with Crippen LogP contribution in [0.5, 0.6) is 0 Å². The number of nitrogens with two attached hydrogens (primary N) is 1. The first-order valence-corrected chi connectivity index (χ1v) is 15.2. The predicted octanol–water partition coefficient (Wildman–Crippen LogP) is 4.36. The van der Waals surface area contributed by atoms with Crippen molar-refractivity contribution in [3.8, 4) is 0 Å². The number of nitrogens with one attached hydrogen (secondary N) is 1. The van der Waals surface area contributed by atoms with Gasteiger partial charge in [-0.1, -0.05) is 6.07 Å². The molecule has 0 spiro atoms. The van der Waals surface area contributed by atoms with E-state index in [1.807, 2.05) is 18.2 Å². The number of Topliss-reactive ketones (excluding diaryl/α,β-unsaturated/α-hetero) is 1. The Bertz CT molecular complexity index is 1490. The molecule has 0 bridgehead atoms. The monoisotopic (exact) mass is 586 g/mol. The Morgan fingerprint density at radius 2 is 1.79 bits per heavy atom. The number of rotatable bonds is 9. The Balaban J connectivity index is 1.16. The third kappa shape index (κ3) is 6.46. The molecule has 4 heterocycles. The van der Waals surface area contributed by atoms with Crippen molar-refractivity contribution in [3.05, 3.63) is 65.4 Å². The lowest BCUT2D eigenvalue weighted by molar-refractivity contribution is 0.0940. The summed E-state index contributed by atoms with van der Waals surface area (Å²) in [7, 11) is 2.11. The average molecular weight is 587 g/mol. The van der Waals surface area contributed by atoms with Crippen LogP contribution in [-0.2, 0) is 0 Å². The molecule has 0 unspecified atom stereocenters. The maximum atomic E-state index is 14.8. The fraction of sp³-hybridized carbons (Fsp3) is 0.469. The van der Waals surface area contributed by atoms with Crippen LogP contribution in [0.25, 0.3) is 0 Å². The minimum Gasteiger partial charge on any atom is -0.364 e. The molecule has 2 aliphatic heterocycles. The molecule has 10 nitrogen and oxygen atoms in total. The van der Waals surface area contributed by atoms with E-state index >= 15 is 0 Å². The molecule has 3 aromatic rings. The van der Waals surface area contributed by atoms with Gasteiger partial charge in [-0.15, -0.1) is 0 Å². The first-order valence-electron chi connectivity index (χ1n) is 15.2. The molecule has 0 radical (unpaired) electrons. The summed E-state index contributed by atoms with van der Waals surface area (Å²) in [5.41, 5.74) is 7.49. The molecule has 2 atom stereocenters. The lowest BCUT2D eigenvalue weighted by Gasteiger charge is -2.40.